The number of nitrogens with two attached hydrogens (primary N) is 3. The van der Waals surface area contributed by atoms with Gasteiger partial charge in [-0.15, -0.1) is 0 Å². The first-order chi connectivity index (χ1) is 15.3. The topological polar surface area (TPSA) is 252 Å². The normalized spacial score (nSPS) is 14.3. The van der Waals surface area contributed by atoms with Crippen LogP contribution in [0, 0.1) is 5.92 Å². The highest BCUT2D eigenvalue weighted by molar-refractivity contribution is 7.80. The van der Waals surface area contributed by atoms with Crippen LogP contribution in [0.2, 0.25) is 0 Å². The lowest BCUT2D eigenvalue weighted by Crippen LogP contribution is -2.58. The summed E-state index contributed by atoms with van der Waals surface area (Å²) in [5, 5.41) is 25.3. The Morgan fingerprint density at radius 1 is 0.939 bits per heavy atom. The first kappa shape index (κ1) is 29.9. The van der Waals surface area contributed by atoms with Crippen LogP contribution in [0.1, 0.15) is 33.1 Å². The lowest BCUT2D eigenvalue weighted by atomic mass is 10.0. The molecule has 14 nitrogen and oxygen atoms in total. The molecule has 4 atom stereocenters. The van der Waals surface area contributed by atoms with Crippen LogP contribution in [0.3, 0.4) is 0 Å². The number of aliphatic imine (C=N–C) groups is 1. The predicted octanol–water partition coefficient (Wildman–Crippen LogP) is -3.03. The van der Waals surface area contributed by atoms with Crippen molar-refractivity contribution in [3.05, 3.63) is 0 Å². The van der Waals surface area contributed by atoms with Crippen LogP contribution < -0.4 is 33.2 Å². The summed E-state index contributed by atoms with van der Waals surface area (Å²) in [6.07, 6.45) is -0.540. The van der Waals surface area contributed by atoms with Gasteiger partial charge in [0, 0.05) is 12.3 Å². The second kappa shape index (κ2) is 14.9. The molecule has 0 aliphatic carbocycles. The van der Waals surface area contributed by atoms with Crippen LogP contribution in [0.4, 0.5) is 0 Å². The Balaban J connectivity index is 5.59. The molecule has 0 aliphatic rings. The van der Waals surface area contributed by atoms with E-state index in [-0.39, 0.29) is 31.1 Å². The minimum atomic E-state index is -1.53. The Bertz CT molecular complexity index is 744. The van der Waals surface area contributed by atoms with Gasteiger partial charge >= 0.3 is 11.9 Å². The van der Waals surface area contributed by atoms with E-state index < -0.39 is 66.2 Å². The van der Waals surface area contributed by atoms with Crippen LogP contribution >= 0.6 is 12.6 Å². The molecule has 0 fully saturated rings. The molecule has 0 aliphatic heterocycles. The molecule has 0 aromatic carbocycles. The van der Waals surface area contributed by atoms with Crippen molar-refractivity contribution >= 4 is 48.2 Å². The van der Waals surface area contributed by atoms with E-state index in [9.17, 15) is 29.1 Å². The molecule has 33 heavy (non-hydrogen) atoms. The van der Waals surface area contributed by atoms with Gasteiger partial charge in [0.25, 0.3) is 0 Å². The number of nitrogens with zero attached hydrogens (tertiary/aromatic N) is 1. The molecule has 0 rings (SSSR count). The van der Waals surface area contributed by atoms with Gasteiger partial charge in [-0.2, -0.15) is 12.6 Å². The van der Waals surface area contributed by atoms with Crippen LogP contribution in [0.25, 0.3) is 0 Å². The fourth-order valence-corrected chi connectivity index (χ4v) is 2.72. The van der Waals surface area contributed by atoms with Crippen LogP contribution in [0.15, 0.2) is 4.99 Å². The van der Waals surface area contributed by atoms with Gasteiger partial charge in [-0.25, -0.2) is 4.79 Å². The van der Waals surface area contributed by atoms with E-state index >= 15 is 0 Å². The van der Waals surface area contributed by atoms with Gasteiger partial charge in [0.1, 0.15) is 18.1 Å². The number of carbonyl (C=O) groups is 5. The summed E-state index contributed by atoms with van der Waals surface area (Å²) in [7, 11) is 0. The van der Waals surface area contributed by atoms with Crippen molar-refractivity contribution in [3.8, 4) is 0 Å². The standard InChI is InChI=1S/C18H33N7O7S/c1-8(2)13(17(31)32)25-15(29)10(4-3-5-22-18(20)21)23-16(30)11(6-12(26)27)24-14(28)9(19)7-33/h8-11,13,33H,3-7,19H2,1-2H3,(H,23,30)(H,24,28)(H,25,29)(H,26,27)(H,31,32)(H4,20,21,22). The smallest absolute Gasteiger partial charge is 0.326 e. The Morgan fingerprint density at radius 3 is 1.94 bits per heavy atom. The van der Waals surface area contributed by atoms with E-state index in [0.29, 0.717) is 0 Å². The highest BCUT2D eigenvalue weighted by atomic mass is 32.1. The number of guanidine groups is 1. The van der Waals surface area contributed by atoms with E-state index in [1.54, 1.807) is 13.8 Å². The predicted molar refractivity (Wildman–Crippen MR) is 122 cm³/mol. The summed E-state index contributed by atoms with van der Waals surface area (Å²) in [5.74, 6) is -5.88. The average molecular weight is 492 g/mol. The molecule has 0 spiro atoms. The van der Waals surface area contributed by atoms with Crippen molar-refractivity contribution in [1.29, 1.82) is 0 Å². The Hall–Kier alpha value is -3.07. The molecule has 0 aromatic heterocycles. The summed E-state index contributed by atoms with van der Waals surface area (Å²) in [5.41, 5.74) is 16.0. The van der Waals surface area contributed by atoms with Gasteiger partial charge in [-0.3, -0.25) is 24.2 Å². The summed E-state index contributed by atoms with van der Waals surface area (Å²) in [6.45, 7) is 3.31. The van der Waals surface area contributed by atoms with Crippen LogP contribution in [-0.2, 0) is 24.0 Å². The molecule has 0 saturated carbocycles. The first-order valence-corrected chi connectivity index (χ1v) is 10.7. The number of hydrogen-bond donors (Lipinski definition) is 9. The van der Waals surface area contributed by atoms with Gasteiger partial charge in [0.15, 0.2) is 5.96 Å². The van der Waals surface area contributed by atoms with Gasteiger partial charge in [0.2, 0.25) is 17.7 Å². The van der Waals surface area contributed by atoms with Crippen LogP contribution in [0.5, 0.6) is 0 Å². The number of amides is 3. The van der Waals surface area contributed by atoms with E-state index in [4.69, 9.17) is 22.3 Å². The maximum Gasteiger partial charge on any atom is 0.326 e. The summed E-state index contributed by atoms with van der Waals surface area (Å²) in [4.78, 5) is 63.8. The second-order valence-electron chi connectivity index (χ2n) is 7.53. The molecule has 15 heteroatoms. The number of thiol groups is 1. The monoisotopic (exact) mass is 491 g/mol. The lowest BCUT2D eigenvalue weighted by Gasteiger charge is -2.25. The van der Waals surface area contributed by atoms with E-state index in [2.05, 4.69) is 33.6 Å². The molecule has 11 N–H and O–H groups in total. The average Bonchev–Trinajstić information content (AvgIpc) is 2.71. The molecule has 0 radical (unpaired) electrons. The number of carbonyl (C=O) groups excluding carboxylic acids is 3. The third-order valence-electron chi connectivity index (χ3n) is 4.35. The Labute approximate surface area is 196 Å². The summed E-state index contributed by atoms with van der Waals surface area (Å²) >= 11 is 3.88. The van der Waals surface area contributed by atoms with Crippen molar-refractivity contribution in [3.63, 3.8) is 0 Å². The summed E-state index contributed by atoms with van der Waals surface area (Å²) < 4.78 is 0. The maximum atomic E-state index is 12.7. The Morgan fingerprint density at radius 2 is 1.48 bits per heavy atom. The highest BCUT2D eigenvalue weighted by Gasteiger charge is 2.31. The fourth-order valence-electron chi connectivity index (χ4n) is 2.56. The number of carboxylic acid groups (broad SMARTS) is 2. The van der Waals surface area contributed by atoms with Gasteiger partial charge in [-0.05, 0) is 18.8 Å². The second-order valence-corrected chi connectivity index (χ2v) is 7.89. The van der Waals surface area contributed by atoms with Gasteiger partial charge < -0.3 is 43.4 Å². The molecular weight excluding hydrogens is 458 g/mol. The zero-order valence-electron chi connectivity index (χ0n) is 18.5. The minimum absolute atomic E-state index is 0.00266. The van der Waals surface area contributed by atoms with Gasteiger partial charge in [0.05, 0.1) is 12.5 Å². The molecular formula is C18H33N7O7S. The van der Waals surface area contributed by atoms with E-state index in [0.717, 1.165) is 0 Å². The largest absolute Gasteiger partial charge is 0.481 e. The Kier molecular flexibility index (Phi) is 13.5. The minimum Gasteiger partial charge on any atom is -0.481 e. The maximum absolute atomic E-state index is 12.7. The van der Waals surface area contributed by atoms with Crippen molar-refractivity contribution in [2.75, 3.05) is 12.3 Å². The number of carboxylic acids is 2. The fraction of sp³-hybridized carbons (Fsp3) is 0.667. The van der Waals surface area contributed by atoms with E-state index in [1.165, 1.54) is 0 Å². The first-order valence-electron chi connectivity index (χ1n) is 10.1. The molecule has 0 aromatic rings. The molecule has 188 valence electrons. The quantitative estimate of drug-likeness (QED) is 0.0484. The third-order valence-corrected chi connectivity index (χ3v) is 4.75. The summed E-state index contributed by atoms with van der Waals surface area (Å²) in [6, 6.07) is -5.09. The van der Waals surface area contributed by atoms with Crippen LogP contribution in [-0.4, -0.2) is 82.3 Å². The number of rotatable bonds is 15. The van der Waals surface area contributed by atoms with Gasteiger partial charge in [-0.1, -0.05) is 13.8 Å². The molecule has 0 saturated heterocycles. The molecule has 3 amide bonds. The molecule has 0 heterocycles. The highest BCUT2D eigenvalue weighted by Crippen LogP contribution is 2.06. The lowest BCUT2D eigenvalue weighted by molar-refractivity contribution is -0.144. The molecule has 4 unspecified atom stereocenters. The number of nitrogens with one attached hydrogen (secondary N) is 3. The van der Waals surface area contributed by atoms with Crippen molar-refractivity contribution < 1.29 is 34.2 Å². The SMILES string of the molecule is CC(C)C(NC(=O)C(CCCN=C(N)N)NC(=O)C(CC(=O)O)NC(=O)C(N)CS)C(=O)O. The van der Waals surface area contributed by atoms with Crippen molar-refractivity contribution in [2.24, 2.45) is 28.1 Å². The van der Waals surface area contributed by atoms with Crippen molar-refractivity contribution in [1.82, 2.24) is 16.0 Å². The number of hydrogen-bond acceptors (Lipinski definition) is 8. The number of aliphatic carboxylic acids is 2. The zero-order chi connectivity index (χ0) is 25.7. The van der Waals surface area contributed by atoms with E-state index in [1.807, 2.05) is 0 Å². The zero-order valence-corrected chi connectivity index (χ0v) is 19.4. The third kappa shape index (κ3) is 11.9. The van der Waals surface area contributed by atoms with Crippen molar-refractivity contribution in [2.45, 2.75) is 57.3 Å². The molecule has 0 bridgehead atoms.